The highest BCUT2D eigenvalue weighted by molar-refractivity contribution is 5.76. The van der Waals surface area contributed by atoms with E-state index >= 15 is 0 Å². The van der Waals surface area contributed by atoms with Crippen LogP contribution in [0.2, 0.25) is 0 Å². The molecule has 0 saturated heterocycles. The zero-order chi connectivity index (χ0) is 13.4. The maximum absolute atomic E-state index is 11.8. The van der Waals surface area contributed by atoms with Gasteiger partial charge in [0.2, 0.25) is 5.91 Å². The Labute approximate surface area is 109 Å². The van der Waals surface area contributed by atoms with Crippen molar-refractivity contribution in [3.63, 3.8) is 0 Å². The van der Waals surface area contributed by atoms with Gasteiger partial charge >= 0.3 is 0 Å². The molecule has 0 atom stereocenters. The average Bonchev–Trinajstić information content (AvgIpc) is 2.37. The second kappa shape index (κ2) is 7.71. The van der Waals surface area contributed by atoms with Gasteiger partial charge in [-0.05, 0) is 18.1 Å². The summed E-state index contributed by atoms with van der Waals surface area (Å²) in [4.78, 5) is 13.5. The van der Waals surface area contributed by atoms with Crippen molar-refractivity contribution in [1.82, 2.24) is 4.90 Å². The molecule has 4 heteroatoms. The van der Waals surface area contributed by atoms with Crippen LogP contribution in [0.3, 0.4) is 0 Å². The third-order valence-corrected chi connectivity index (χ3v) is 2.70. The van der Waals surface area contributed by atoms with Gasteiger partial charge in [-0.15, -0.1) is 0 Å². The predicted octanol–water partition coefficient (Wildman–Crippen LogP) is 2.04. The molecule has 18 heavy (non-hydrogen) atoms. The highest BCUT2D eigenvalue weighted by atomic mass is 16.5. The zero-order valence-corrected chi connectivity index (χ0v) is 11.2. The van der Waals surface area contributed by atoms with Crippen molar-refractivity contribution in [2.45, 2.75) is 26.3 Å². The number of hydrogen-bond donors (Lipinski definition) is 1. The Bertz CT molecular complexity index is 380. The Morgan fingerprint density at radius 2 is 2.06 bits per heavy atom. The molecule has 0 unspecified atom stereocenters. The molecule has 1 aromatic carbocycles. The molecule has 0 aromatic heterocycles. The fourth-order valence-electron chi connectivity index (χ4n) is 1.62. The lowest BCUT2D eigenvalue weighted by molar-refractivity contribution is -0.131. The number of nitrogens with two attached hydrogens (primary N) is 1. The minimum Gasteiger partial charge on any atom is -0.398 e. The highest BCUT2D eigenvalue weighted by Crippen LogP contribution is 2.12. The van der Waals surface area contributed by atoms with E-state index in [1.807, 2.05) is 31.2 Å². The first-order chi connectivity index (χ1) is 8.65. The summed E-state index contributed by atoms with van der Waals surface area (Å²) in [5.41, 5.74) is 7.54. The molecule has 0 fully saturated rings. The van der Waals surface area contributed by atoms with E-state index in [9.17, 15) is 4.79 Å². The maximum atomic E-state index is 11.8. The van der Waals surface area contributed by atoms with Gasteiger partial charge in [0.25, 0.3) is 0 Å². The number of hydrogen-bond acceptors (Lipinski definition) is 3. The van der Waals surface area contributed by atoms with Gasteiger partial charge in [-0.1, -0.05) is 25.1 Å². The Balaban J connectivity index is 2.38. The number of carbonyl (C=O) groups is 1. The summed E-state index contributed by atoms with van der Waals surface area (Å²) in [6.07, 6.45) is 1.40. The predicted molar refractivity (Wildman–Crippen MR) is 73.1 cm³/mol. The molecule has 0 bridgehead atoms. The normalized spacial score (nSPS) is 10.3. The Morgan fingerprint density at radius 3 is 2.72 bits per heavy atom. The molecule has 4 nitrogen and oxygen atoms in total. The summed E-state index contributed by atoms with van der Waals surface area (Å²) >= 11 is 0. The number of anilines is 1. The zero-order valence-electron chi connectivity index (χ0n) is 11.2. The van der Waals surface area contributed by atoms with Gasteiger partial charge in [0.1, 0.15) is 0 Å². The summed E-state index contributed by atoms with van der Waals surface area (Å²) in [6, 6.07) is 7.60. The summed E-state index contributed by atoms with van der Waals surface area (Å²) in [5, 5.41) is 0. The molecule has 0 aliphatic carbocycles. The summed E-state index contributed by atoms with van der Waals surface area (Å²) in [5.74, 6) is 0.0781. The van der Waals surface area contributed by atoms with Crippen LogP contribution in [0.5, 0.6) is 0 Å². The molecular weight excluding hydrogens is 228 g/mol. The van der Waals surface area contributed by atoms with E-state index in [0.717, 1.165) is 17.7 Å². The Hall–Kier alpha value is -1.55. The number of amides is 1. The Kier molecular flexibility index (Phi) is 6.22. The third-order valence-electron chi connectivity index (χ3n) is 2.70. The molecule has 0 saturated carbocycles. The standard InChI is InChI=1S/C14H22N2O2/c1-3-9-18-10-8-14(17)16(2)11-12-6-4-5-7-13(12)15/h4-7H,3,8-11,15H2,1-2H3. The van der Waals surface area contributed by atoms with Crippen LogP contribution in [0.1, 0.15) is 25.3 Å². The van der Waals surface area contributed by atoms with Crippen LogP contribution in [-0.2, 0) is 16.1 Å². The van der Waals surface area contributed by atoms with E-state index in [-0.39, 0.29) is 5.91 Å². The van der Waals surface area contributed by atoms with E-state index in [1.54, 1.807) is 11.9 Å². The van der Waals surface area contributed by atoms with Crippen molar-refractivity contribution < 1.29 is 9.53 Å². The number of rotatable bonds is 7. The minimum atomic E-state index is 0.0781. The second-order valence-electron chi connectivity index (χ2n) is 4.31. The number of nitrogen functional groups attached to an aromatic ring is 1. The minimum absolute atomic E-state index is 0.0781. The monoisotopic (exact) mass is 250 g/mol. The maximum Gasteiger partial charge on any atom is 0.224 e. The van der Waals surface area contributed by atoms with Gasteiger partial charge in [0, 0.05) is 25.9 Å². The van der Waals surface area contributed by atoms with E-state index in [0.29, 0.717) is 26.2 Å². The second-order valence-corrected chi connectivity index (χ2v) is 4.31. The molecule has 1 amide bonds. The molecule has 0 radical (unpaired) electrons. The molecule has 2 N–H and O–H groups in total. The van der Waals surface area contributed by atoms with E-state index < -0.39 is 0 Å². The van der Waals surface area contributed by atoms with Gasteiger partial charge in [-0.25, -0.2) is 0 Å². The fraction of sp³-hybridized carbons (Fsp3) is 0.500. The quantitative estimate of drug-likeness (QED) is 0.595. The molecule has 0 aliphatic rings. The molecule has 0 heterocycles. The lowest BCUT2D eigenvalue weighted by Gasteiger charge is -2.18. The lowest BCUT2D eigenvalue weighted by Crippen LogP contribution is -2.27. The number of ether oxygens (including phenoxy) is 1. The first-order valence-corrected chi connectivity index (χ1v) is 6.30. The topological polar surface area (TPSA) is 55.6 Å². The third kappa shape index (κ3) is 4.75. The van der Waals surface area contributed by atoms with Crippen LogP contribution in [0.4, 0.5) is 5.69 Å². The molecule has 100 valence electrons. The number of carbonyl (C=O) groups excluding carboxylic acids is 1. The van der Waals surface area contributed by atoms with E-state index in [2.05, 4.69) is 0 Å². The van der Waals surface area contributed by atoms with E-state index in [1.165, 1.54) is 0 Å². The largest absolute Gasteiger partial charge is 0.398 e. The van der Waals surface area contributed by atoms with Crippen molar-refractivity contribution >= 4 is 11.6 Å². The SMILES string of the molecule is CCCOCCC(=O)N(C)Cc1ccccc1N. The van der Waals surface area contributed by atoms with Gasteiger partial charge in [-0.2, -0.15) is 0 Å². The molecule has 1 aromatic rings. The van der Waals surface area contributed by atoms with Crippen LogP contribution in [-0.4, -0.2) is 31.1 Å². The lowest BCUT2D eigenvalue weighted by atomic mass is 10.1. The Morgan fingerprint density at radius 1 is 1.33 bits per heavy atom. The molecule has 1 rings (SSSR count). The van der Waals surface area contributed by atoms with Gasteiger partial charge in [0.15, 0.2) is 0 Å². The van der Waals surface area contributed by atoms with Crippen LogP contribution in [0.25, 0.3) is 0 Å². The first-order valence-electron chi connectivity index (χ1n) is 6.30. The molecular formula is C14H22N2O2. The van der Waals surface area contributed by atoms with Gasteiger partial charge < -0.3 is 15.4 Å². The van der Waals surface area contributed by atoms with Gasteiger partial charge in [-0.3, -0.25) is 4.79 Å². The van der Waals surface area contributed by atoms with E-state index in [4.69, 9.17) is 10.5 Å². The summed E-state index contributed by atoms with van der Waals surface area (Å²) in [6.45, 7) is 3.79. The molecule has 0 aliphatic heterocycles. The smallest absolute Gasteiger partial charge is 0.224 e. The van der Waals surface area contributed by atoms with Crippen molar-refractivity contribution in [1.29, 1.82) is 0 Å². The van der Waals surface area contributed by atoms with Crippen molar-refractivity contribution in [2.24, 2.45) is 0 Å². The highest BCUT2D eigenvalue weighted by Gasteiger charge is 2.10. The number of para-hydroxylation sites is 1. The van der Waals surface area contributed by atoms with Crippen molar-refractivity contribution in [3.05, 3.63) is 29.8 Å². The van der Waals surface area contributed by atoms with Gasteiger partial charge in [0.05, 0.1) is 13.0 Å². The van der Waals surface area contributed by atoms with Crippen LogP contribution in [0.15, 0.2) is 24.3 Å². The van der Waals surface area contributed by atoms with Crippen molar-refractivity contribution in [2.75, 3.05) is 26.0 Å². The summed E-state index contributed by atoms with van der Waals surface area (Å²) < 4.78 is 5.31. The number of nitrogens with zero attached hydrogens (tertiary/aromatic N) is 1. The van der Waals surface area contributed by atoms with Crippen LogP contribution in [0, 0.1) is 0 Å². The average molecular weight is 250 g/mol. The van der Waals surface area contributed by atoms with Crippen LogP contribution < -0.4 is 5.73 Å². The first kappa shape index (κ1) is 14.5. The van der Waals surface area contributed by atoms with Crippen LogP contribution >= 0.6 is 0 Å². The summed E-state index contributed by atoms with van der Waals surface area (Å²) in [7, 11) is 1.79. The van der Waals surface area contributed by atoms with Crippen molar-refractivity contribution in [3.8, 4) is 0 Å². The fourth-order valence-corrected chi connectivity index (χ4v) is 1.62. The molecule has 0 spiro atoms. The number of benzene rings is 1.